The van der Waals surface area contributed by atoms with E-state index in [1.54, 1.807) is 53.7 Å². The lowest BCUT2D eigenvalue weighted by Gasteiger charge is -2.18. The lowest BCUT2D eigenvalue weighted by molar-refractivity contribution is 0.412. The first-order chi connectivity index (χ1) is 31.6. The zero-order valence-corrected chi connectivity index (χ0v) is 41.0. The van der Waals surface area contributed by atoms with E-state index >= 15 is 0 Å². The molecule has 344 valence electrons. The average molecular weight is 1040 g/mol. The van der Waals surface area contributed by atoms with Crippen LogP contribution in [0.15, 0.2) is 124 Å². The number of nitrogens with zero attached hydrogens (tertiary/aromatic N) is 7. The highest BCUT2D eigenvalue weighted by Crippen LogP contribution is 2.36. The fourth-order valence-electron chi connectivity index (χ4n) is 6.81. The maximum absolute atomic E-state index is 13.2. The maximum atomic E-state index is 13.2. The predicted molar refractivity (Wildman–Crippen MR) is 260 cm³/mol. The van der Waals surface area contributed by atoms with Crippen molar-refractivity contribution >= 4 is 64.0 Å². The van der Waals surface area contributed by atoms with Crippen molar-refractivity contribution in [3.8, 4) is 44.3 Å². The fourth-order valence-corrected chi connectivity index (χ4v) is 11.1. The maximum Gasteiger partial charge on any atom is 0.178 e. The van der Waals surface area contributed by atoms with Crippen LogP contribution in [0.1, 0.15) is 22.8 Å². The first kappa shape index (κ1) is 48.1. The standard InChI is InChI=1S/C24H25FN4O3S2.C22H19BrFN3O3S2/c1-28(2)19-10-11-21(32-3)20(15-19)29-23(26-27-24(29)22-5-4-13-33-22)16-34(30,31)14-12-17-6-8-18(25)9-7-17;1-30-19-9-6-16(23)13-18(19)27-21(25-26-22(27)20-3-2-11-31-20)14-32(28,29)12-10-15-4-7-17(24)8-5-15/h4-11,13,15H,12,14,16H2,1-3H3;2-9,11,13H,10,12,14H2,1H3. The van der Waals surface area contributed by atoms with Crippen molar-refractivity contribution < 1.29 is 35.1 Å². The Hall–Kier alpha value is -5.80. The molecule has 8 rings (SSSR count). The van der Waals surface area contributed by atoms with Crippen molar-refractivity contribution in [1.82, 2.24) is 29.5 Å². The van der Waals surface area contributed by atoms with Crippen molar-refractivity contribution in [3.63, 3.8) is 0 Å². The number of hydrogen-bond acceptors (Lipinski definition) is 13. The van der Waals surface area contributed by atoms with E-state index in [9.17, 15) is 25.6 Å². The number of aryl methyl sites for hydroxylation is 2. The van der Waals surface area contributed by atoms with Gasteiger partial charge in [-0.05, 0) is 108 Å². The minimum Gasteiger partial charge on any atom is -0.495 e. The van der Waals surface area contributed by atoms with Crippen LogP contribution in [0.2, 0.25) is 0 Å². The first-order valence-corrected chi connectivity index (χ1v) is 26.4. The predicted octanol–water partition coefficient (Wildman–Crippen LogP) is 9.43. The second kappa shape index (κ2) is 21.2. The van der Waals surface area contributed by atoms with E-state index in [1.807, 2.05) is 84.4 Å². The van der Waals surface area contributed by atoms with Crippen molar-refractivity contribution in [1.29, 1.82) is 0 Å². The highest BCUT2D eigenvalue weighted by molar-refractivity contribution is 9.10. The number of aromatic nitrogens is 6. The summed E-state index contributed by atoms with van der Waals surface area (Å²) in [5, 5.41) is 21.0. The Morgan fingerprint density at radius 1 is 0.606 bits per heavy atom. The topological polar surface area (TPSA) is 151 Å². The molecule has 0 aliphatic heterocycles. The van der Waals surface area contributed by atoms with Gasteiger partial charge in [0, 0.05) is 24.3 Å². The van der Waals surface area contributed by atoms with Crippen molar-refractivity contribution in [3.05, 3.63) is 159 Å². The molecule has 0 spiro atoms. The Labute approximate surface area is 398 Å². The molecule has 0 aliphatic rings. The van der Waals surface area contributed by atoms with Gasteiger partial charge in [0.15, 0.2) is 43.0 Å². The largest absolute Gasteiger partial charge is 0.495 e. The highest BCUT2D eigenvalue weighted by Gasteiger charge is 2.26. The summed E-state index contributed by atoms with van der Waals surface area (Å²) in [5.74, 6) is 1.37. The van der Waals surface area contributed by atoms with Gasteiger partial charge in [0.05, 0.1) is 46.9 Å². The second-order valence-corrected chi connectivity index (χ2v) is 22.2. The lowest BCUT2D eigenvalue weighted by Crippen LogP contribution is -2.16. The molecule has 0 aliphatic carbocycles. The number of anilines is 1. The third-order valence-corrected chi connectivity index (χ3v) is 15.4. The summed E-state index contributed by atoms with van der Waals surface area (Å²) in [7, 11) is -0.0776. The molecule has 8 aromatic rings. The Balaban J connectivity index is 0.000000197. The highest BCUT2D eigenvalue weighted by atomic mass is 79.9. The van der Waals surface area contributed by atoms with E-state index in [0.29, 0.717) is 46.2 Å². The minimum atomic E-state index is -3.54. The zero-order chi connectivity index (χ0) is 47.0. The van der Waals surface area contributed by atoms with Gasteiger partial charge >= 0.3 is 0 Å². The Morgan fingerprint density at radius 2 is 1.05 bits per heavy atom. The number of rotatable bonds is 17. The molecule has 0 atom stereocenters. The van der Waals surface area contributed by atoms with Crippen molar-refractivity contribution in [2.45, 2.75) is 24.3 Å². The van der Waals surface area contributed by atoms with E-state index in [1.165, 1.54) is 46.9 Å². The number of halogens is 3. The molecule has 0 fully saturated rings. The number of hydrogen-bond donors (Lipinski definition) is 0. The number of ether oxygens (including phenoxy) is 2. The van der Waals surface area contributed by atoms with Crippen LogP contribution in [-0.2, 0) is 44.0 Å². The molecule has 66 heavy (non-hydrogen) atoms. The van der Waals surface area contributed by atoms with Gasteiger partial charge in [0.2, 0.25) is 0 Å². The van der Waals surface area contributed by atoms with E-state index in [0.717, 1.165) is 31.0 Å². The van der Waals surface area contributed by atoms with Crippen LogP contribution >= 0.6 is 38.6 Å². The Bertz CT molecular complexity index is 3110. The summed E-state index contributed by atoms with van der Waals surface area (Å²) in [6, 6.07) is 30.5. The van der Waals surface area contributed by atoms with Crippen LogP contribution in [0.4, 0.5) is 14.5 Å². The molecule has 0 saturated carbocycles. The second-order valence-electron chi connectivity index (χ2n) is 15.0. The smallest absolute Gasteiger partial charge is 0.178 e. The lowest BCUT2D eigenvalue weighted by atomic mass is 10.2. The molecule has 4 heterocycles. The molecule has 4 aromatic carbocycles. The van der Waals surface area contributed by atoms with Gasteiger partial charge in [-0.3, -0.25) is 9.13 Å². The van der Waals surface area contributed by atoms with Crippen molar-refractivity contribution in [2.75, 3.05) is 44.7 Å². The van der Waals surface area contributed by atoms with Crippen LogP contribution in [0.5, 0.6) is 11.5 Å². The number of methoxy groups -OCH3 is 2. The summed E-state index contributed by atoms with van der Waals surface area (Å²) >= 11 is 6.45. The minimum absolute atomic E-state index is 0.0879. The molecular formula is C46H44BrF2N7O6S4. The molecule has 20 heteroatoms. The van der Waals surface area contributed by atoms with Gasteiger partial charge in [-0.15, -0.1) is 43.1 Å². The number of thiophene rings is 2. The number of sulfone groups is 2. The quantitative estimate of drug-likeness (QED) is 0.0858. The molecule has 13 nitrogen and oxygen atoms in total. The molecular weight excluding hydrogens is 993 g/mol. The van der Waals surface area contributed by atoms with E-state index < -0.39 is 19.7 Å². The van der Waals surface area contributed by atoms with Crippen molar-refractivity contribution in [2.24, 2.45) is 0 Å². The molecule has 0 saturated heterocycles. The first-order valence-electron chi connectivity index (χ1n) is 20.2. The monoisotopic (exact) mass is 1040 g/mol. The van der Waals surface area contributed by atoms with Gasteiger partial charge < -0.3 is 14.4 Å². The molecule has 0 N–H and O–H groups in total. The van der Waals surface area contributed by atoms with Crippen LogP contribution < -0.4 is 14.4 Å². The summed E-state index contributed by atoms with van der Waals surface area (Å²) in [4.78, 5) is 3.67. The zero-order valence-electron chi connectivity index (χ0n) is 36.1. The van der Waals surface area contributed by atoms with E-state index in [2.05, 4.69) is 36.3 Å². The summed E-state index contributed by atoms with van der Waals surface area (Å²) < 4.78 is 93.7. The molecule has 0 radical (unpaired) electrons. The SMILES string of the molecule is COc1ccc(Br)cc1-n1c(CS(=O)(=O)CCc2ccc(F)cc2)nnc1-c1cccs1.COc1ccc(N(C)C)cc1-n1c(CS(=O)(=O)CCc2ccc(F)cc2)nnc1-c1cccs1. The van der Waals surface area contributed by atoms with Crippen LogP contribution in [-0.4, -0.2) is 86.2 Å². The fraction of sp³-hybridized carbons (Fsp3) is 0.217. The summed E-state index contributed by atoms with van der Waals surface area (Å²) in [5.41, 5.74) is 3.73. The van der Waals surface area contributed by atoms with Gasteiger partial charge in [-0.1, -0.05) is 52.3 Å². The third kappa shape index (κ3) is 12.0. The molecule has 0 bridgehead atoms. The molecule has 4 aromatic heterocycles. The normalized spacial score (nSPS) is 11.6. The average Bonchev–Trinajstić information content (AvgIpc) is 4.15. The van der Waals surface area contributed by atoms with Crippen LogP contribution in [0.3, 0.4) is 0 Å². The van der Waals surface area contributed by atoms with Gasteiger partial charge in [0.25, 0.3) is 0 Å². The summed E-state index contributed by atoms with van der Waals surface area (Å²) in [6.45, 7) is 0. The van der Waals surface area contributed by atoms with Gasteiger partial charge in [-0.25, -0.2) is 25.6 Å². The Kier molecular flexibility index (Phi) is 15.5. The van der Waals surface area contributed by atoms with Crippen LogP contribution in [0, 0.1) is 11.6 Å². The molecule has 0 amide bonds. The molecule has 0 unspecified atom stereocenters. The summed E-state index contributed by atoms with van der Waals surface area (Å²) in [6.07, 6.45) is 0.572. The number of benzene rings is 4. The van der Waals surface area contributed by atoms with Gasteiger partial charge in [0.1, 0.15) is 34.6 Å². The van der Waals surface area contributed by atoms with E-state index in [4.69, 9.17) is 9.47 Å². The van der Waals surface area contributed by atoms with E-state index in [-0.39, 0.29) is 47.5 Å². The third-order valence-electron chi connectivity index (χ3n) is 10.2. The van der Waals surface area contributed by atoms with Gasteiger partial charge in [-0.2, -0.15) is 0 Å². The van der Waals surface area contributed by atoms with Crippen LogP contribution in [0.25, 0.3) is 32.8 Å². The Morgan fingerprint density at radius 3 is 1.45 bits per heavy atom.